The Morgan fingerprint density at radius 1 is 1.44 bits per heavy atom. The number of hydrogen-bond acceptors (Lipinski definition) is 3. The number of aliphatic hydroxyl groups excluding tert-OH is 1. The molecule has 0 aromatic rings. The maximum Gasteiger partial charge on any atom is 0.410 e. The maximum absolute atomic E-state index is 12.2. The van der Waals surface area contributed by atoms with Gasteiger partial charge in [-0.3, -0.25) is 0 Å². The van der Waals surface area contributed by atoms with Gasteiger partial charge < -0.3 is 14.7 Å². The van der Waals surface area contributed by atoms with Gasteiger partial charge in [-0.2, -0.15) is 0 Å². The molecular weight excluding hydrogens is 230 g/mol. The van der Waals surface area contributed by atoms with Crippen molar-refractivity contribution in [1.82, 2.24) is 4.90 Å². The van der Waals surface area contributed by atoms with E-state index in [1.165, 1.54) is 0 Å². The number of ether oxygens (including phenoxy) is 1. The van der Waals surface area contributed by atoms with Gasteiger partial charge in [0.15, 0.2) is 0 Å². The van der Waals surface area contributed by atoms with Crippen LogP contribution in [0, 0.1) is 5.92 Å². The molecule has 1 amide bonds. The number of aliphatic hydroxyl groups is 1. The lowest BCUT2D eigenvalue weighted by Crippen LogP contribution is -2.52. The van der Waals surface area contributed by atoms with Gasteiger partial charge in [0.2, 0.25) is 0 Å². The zero-order valence-electron chi connectivity index (χ0n) is 12.3. The Balaban J connectivity index is 2.82. The fourth-order valence-corrected chi connectivity index (χ4v) is 2.74. The molecule has 4 heteroatoms. The molecule has 0 bridgehead atoms. The molecule has 0 aliphatic carbocycles. The summed E-state index contributed by atoms with van der Waals surface area (Å²) in [6.45, 7) is 10.5. The molecule has 0 saturated carbocycles. The molecule has 0 aromatic carbocycles. The second kappa shape index (κ2) is 5.47. The highest BCUT2D eigenvalue weighted by molar-refractivity contribution is 5.69. The highest BCUT2D eigenvalue weighted by Gasteiger charge is 2.44. The first-order valence-electron chi connectivity index (χ1n) is 6.82. The summed E-state index contributed by atoms with van der Waals surface area (Å²) in [7, 11) is 0. The van der Waals surface area contributed by atoms with E-state index in [4.69, 9.17) is 4.74 Å². The molecule has 1 fully saturated rings. The number of carbonyl (C=O) groups excluding carboxylic acids is 1. The molecule has 106 valence electrons. The van der Waals surface area contributed by atoms with Gasteiger partial charge in [-0.25, -0.2) is 4.79 Å². The first kappa shape index (κ1) is 15.3. The Morgan fingerprint density at radius 2 is 2.06 bits per heavy atom. The van der Waals surface area contributed by atoms with Crippen LogP contribution in [-0.4, -0.2) is 40.4 Å². The van der Waals surface area contributed by atoms with Crippen LogP contribution < -0.4 is 0 Å². The number of carbonyl (C=O) groups is 1. The largest absolute Gasteiger partial charge is 0.444 e. The average molecular weight is 257 g/mol. The smallest absolute Gasteiger partial charge is 0.410 e. The standard InChI is InChI=1S/C14H27NO3/c1-11(2)9-14(10-16)7-6-8-15(14)12(17)18-13(3,4)5/h11,16H,6-10H2,1-5H3. The molecule has 0 aromatic heterocycles. The molecule has 1 unspecified atom stereocenters. The van der Waals surface area contributed by atoms with Gasteiger partial charge in [0.05, 0.1) is 12.1 Å². The van der Waals surface area contributed by atoms with Crippen molar-refractivity contribution in [2.75, 3.05) is 13.2 Å². The van der Waals surface area contributed by atoms with Crippen LogP contribution in [0.1, 0.15) is 53.9 Å². The molecule has 0 spiro atoms. The van der Waals surface area contributed by atoms with Crippen molar-refractivity contribution in [2.24, 2.45) is 5.92 Å². The van der Waals surface area contributed by atoms with E-state index in [0.717, 1.165) is 19.3 Å². The second-order valence-corrected chi connectivity index (χ2v) is 6.72. The Labute approximate surface area is 110 Å². The second-order valence-electron chi connectivity index (χ2n) is 6.72. The van der Waals surface area contributed by atoms with E-state index in [0.29, 0.717) is 12.5 Å². The van der Waals surface area contributed by atoms with Crippen molar-refractivity contribution in [2.45, 2.75) is 65.0 Å². The Hall–Kier alpha value is -0.770. The van der Waals surface area contributed by atoms with E-state index >= 15 is 0 Å². The third-order valence-electron chi connectivity index (χ3n) is 3.29. The zero-order valence-corrected chi connectivity index (χ0v) is 12.3. The van der Waals surface area contributed by atoms with Crippen LogP contribution in [0.5, 0.6) is 0 Å². The summed E-state index contributed by atoms with van der Waals surface area (Å²) in [5.74, 6) is 0.445. The normalized spacial score (nSPS) is 24.7. The molecule has 1 rings (SSSR count). The van der Waals surface area contributed by atoms with E-state index < -0.39 is 11.1 Å². The Bertz CT molecular complexity index is 296. The maximum atomic E-state index is 12.2. The number of likely N-dealkylation sites (tertiary alicyclic amines) is 1. The van der Waals surface area contributed by atoms with Gasteiger partial charge in [0, 0.05) is 6.54 Å². The van der Waals surface area contributed by atoms with Crippen LogP contribution in [0.3, 0.4) is 0 Å². The lowest BCUT2D eigenvalue weighted by Gasteiger charge is -2.39. The van der Waals surface area contributed by atoms with Crippen LogP contribution >= 0.6 is 0 Å². The topological polar surface area (TPSA) is 49.8 Å². The van der Waals surface area contributed by atoms with Crippen LogP contribution in [-0.2, 0) is 4.74 Å². The highest BCUT2D eigenvalue weighted by atomic mass is 16.6. The van der Waals surface area contributed by atoms with Crippen molar-refractivity contribution in [3.63, 3.8) is 0 Å². The minimum absolute atomic E-state index is 0.0183. The molecule has 0 radical (unpaired) electrons. The van der Waals surface area contributed by atoms with E-state index in [9.17, 15) is 9.90 Å². The average Bonchev–Trinajstić information content (AvgIpc) is 2.58. The molecule has 1 heterocycles. The fourth-order valence-electron chi connectivity index (χ4n) is 2.74. The summed E-state index contributed by atoms with van der Waals surface area (Å²) in [6.07, 6.45) is 2.32. The SMILES string of the molecule is CC(C)CC1(CO)CCCN1C(=O)OC(C)(C)C. The summed E-state index contributed by atoms with van der Waals surface area (Å²) in [6, 6.07) is 0. The molecule has 1 N–H and O–H groups in total. The number of nitrogens with zero attached hydrogens (tertiary/aromatic N) is 1. The third-order valence-corrected chi connectivity index (χ3v) is 3.29. The Kier molecular flexibility index (Phi) is 4.65. The summed E-state index contributed by atoms with van der Waals surface area (Å²) in [5, 5.41) is 9.73. The van der Waals surface area contributed by atoms with Gasteiger partial charge in [0.25, 0.3) is 0 Å². The highest BCUT2D eigenvalue weighted by Crippen LogP contribution is 2.35. The van der Waals surface area contributed by atoms with Crippen molar-refractivity contribution in [3.8, 4) is 0 Å². The van der Waals surface area contributed by atoms with Gasteiger partial charge >= 0.3 is 6.09 Å². The van der Waals surface area contributed by atoms with Crippen LogP contribution in [0.4, 0.5) is 4.79 Å². The monoisotopic (exact) mass is 257 g/mol. The minimum atomic E-state index is -0.487. The van der Waals surface area contributed by atoms with Crippen LogP contribution in [0.25, 0.3) is 0 Å². The van der Waals surface area contributed by atoms with E-state index in [1.54, 1.807) is 4.90 Å². The van der Waals surface area contributed by atoms with Crippen LogP contribution in [0.2, 0.25) is 0 Å². The summed E-state index contributed by atoms with van der Waals surface area (Å²) < 4.78 is 5.44. The molecule has 4 nitrogen and oxygen atoms in total. The number of hydrogen-bond donors (Lipinski definition) is 1. The van der Waals surface area contributed by atoms with Crippen molar-refractivity contribution < 1.29 is 14.6 Å². The van der Waals surface area contributed by atoms with E-state index in [1.807, 2.05) is 20.8 Å². The van der Waals surface area contributed by atoms with Gasteiger partial charge in [-0.15, -0.1) is 0 Å². The van der Waals surface area contributed by atoms with Crippen molar-refractivity contribution in [3.05, 3.63) is 0 Å². The van der Waals surface area contributed by atoms with E-state index in [-0.39, 0.29) is 12.7 Å². The number of amides is 1. The molecule has 1 aliphatic rings. The van der Waals surface area contributed by atoms with Crippen molar-refractivity contribution >= 4 is 6.09 Å². The molecule has 1 atom stereocenters. The molecule has 18 heavy (non-hydrogen) atoms. The molecular formula is C14H27NO3. The van der Waals surface area contributed by atoms with Crippen molar-refractivity contribution in [1.29, 1.82) is 0 Å². The number of rotatable bonds is 3. The fraction of sp³-hybridized carbons (Fsp3) is 0.929. The lowest BCUT2D eigenvalue weighted by molar-refractivity contribution is -0.00995. The third kappa shape index (κ3) is 3.61. The van der Waals surface area contributed by atoms with E-state index in [2.05, 4.69) is 13.8 Å². The zero-order chi connectivity index (χ0) is 14.0. The molecule has 1 saturated heterocycles. The first-order chi connectivity index (χ1) is 8.20. The summed E-state index contributed by atoms with van der Waals surface area (Å²) in [5.41, 5.74) is -0.908. The molecule has 1 aliphatic heterocycles. The first-order valence-corrected chi connectivity index (χ1v) is 6.82. The van der Waals surface area contributed by atoms with Gasteiger partial charge in [0.1, 0.15) is 5.60 Å². The van der Waals surface area contributed by atoms with Gasteiger partial charge in [-0.1, -0.05) is 13.8 Å². The predicted molar refractivity (Wildman–Crippen MR) is 71.4 cm³/mol. The van der Waals surface area contributed by atoms with Crippen LogP contribution in [0.15, 0.2) is 0 Å². The summed E-state index contributed by atoms with van der Waals surface area (Å²) in [4.78, 5) is 13.9. The predicted octanol–water partition coefficient (Wildman–Crippen LogP) is 2.79. The summed E-state index contributed by atoms with van der Waals surface area (Å²) >= 11 is 0. The Morgan fingerprint density at radius 3 is 2.50 bits per heavy atom. The minimum Gasteiger partial charge on any atom is -0.444 e. The van der Waals surface area contributed by atoms with Gasteiger partial charge in [-0.05, 0) is 46.0 Å². The lowest BCUT2D eigenvalue weighted by atomic mass is 9.87. The quantitative estimate of drug-likeness (QED) is 0.845.